The molecule has 0 unspecified atom stereocenters. The second-order valence-corrected chi connectivity index (χ2v) is 4.81. The third kappa shape index (κ3) is 2.28. The summed E-state index contributed by atoms with van der Waals surface area (Å²) in [4.78, 5) is 0. The quantitative estimate of drug-likeness (QED) is 0.758. The molecule has 0 heterocycles. The number of hydrogen-bond donors (Lipinski definition) is 1. The number of rotatable bonds is 2. The molecule has 1 N–H and O–H groups in total. The first-order valence-electron chi connectivity index (χ1n) is 5.28. The predicted octanol–water partition coefficient (Wildman–Crippen LogP) is 3.64. The normalized spacial score (nSPS) is 11.7. The van der Waals surface area contributed by atoms with Gasteiger partial charge in [-0.05, 0) is 23.0 Å². The van der Waals surface area contributed by atoms with Crippen molar-refractivity contribution in [3.05, 3.63) is 29.3 Å². The van der Waals surface area contributed by atoms with E-state index in [2.05, 4.69) is 27.7 Å². The lowest BCUT2D eigenvalue weighted by Gasteiger charge is -2.21. The van der Waals surface area contributed by atoms with Gasteiger partial charge in [0.05, 0.1) is 0 Å². The summed E-state index contributed by atoms with van der Waals surface area (Å²) in [5.74, 6) is 0.488. The van der Waals surface area contributed by atoms with Gasteiger partial charge in [0.2, 0.25) is 0 Å². The Hall–Kier alpha value is -0.980. The Morgan fingerprint density at radius 3 is 2.36 bits per heavy atom. The fourth-order valence-corrected chi connectivity index (χ4v) is 1.67. The van der Waals surface area contributed by atoms with Crippen molar-refractivity contribution in [2.45, 2.75) is 46.0 Å². The number of benzene rings is 1. The van der Waals surface area contributed by atoms with Gasteiger partial charge >= 0.3 is 0 Å². The maximum atomic E-state index is 10.1. The zero-order valence-corrected chi connectivity index (χ0v) is 9.59. The maximum absolute atomic E-state index is 10.1. The van der Waals surface area contributed by atoms with E-state index in [1.807, 2.05) is 18.2 Å². The topological polar surface area (TPSA) is 20.2 Å². The van der Waals surface area contributed by atoms with Gasteiger partial charge in [-0.2, -0.15) is 0 Å². The van der Waals surface area contributed by atoms with Gasteiger partial charge in [0, 0.05) is 0 Å². The molecular weight excluding hydrogens is 172 g/mol. The first-order valence-corrected chi connectivity index (χ1v) is 5.28. The number of aromatic hydroxyl groups is 1. The third-order valence-electron chi connectivity index (χ3n) is 2.45. The molecule has 0 bridgehead atoms. The molecule has 0 aliphatic carbocycles. The average molecular weight is 192 g/mol. The van der Waals surface area contributed by atoms with E-state index in [-0.39, 0.29) is 5.41 Å². The van der Waals surface area contributed by atoms with Crippen LogP contribution in [0.5, 0.6) is 5.75 Å². The van der Waals surface area contributed by atoms with Crippen LogP contribution in [0.15, 0.2) is 18.2 Å². The minimum absolute atomic E-state index is 0.0217. The molecule has 0 amide bonds. The standard InChI is InChI=1S/C13H20O/c1-5-7-10-8-6-9-11(12(10)14)13(2,3)4/h6,8-9,14H,5,7H2,1-4H3. The van der Waals surface area contributed by atoms with Crippen LogP contribution in [0, 0.1) is 0 Å². The van der Waals surface area contributed by atoms with Gasteiger partial charge in [0.15, 0.2) is 0 Å². The van der Waals surface area contributed by atoms with E-state index in [1.54, 1.807) is 0 Å². The molecule has 1 nitrogen and oxygen atoms in total. The minimum Gasteiger partial charge on any atom is -0.507 e. The van der Waals surface area contributed by atoms with Crippen molar-refractivity contribution in [2.24, 2.45) is 0 Å². The summed E-state index contributed by atoms with van der Waals surface area (Å²) in [6, 6.07) is 6.05. The van der Waals surface area contributed by atoms with Gasteiger partial charge < -0.3 is 5.11 Å². The van der Waals surface area contributed by atoms with Crippen molar-refractivity contribution in [3.63, 3.8) is 0 Å². The van der Waals surface area contributed by atoms with Gasteiger partial charge in [0.1, 0.15) is 5.75 Å². The Labute approximate surface area is 86.8 Å². The Balaban J connectivity index is 3.14. The average Bonchev–Trinajstić information content (AvgIpc) is 2.07. The zero-order chi connectivity index (χ0) is 10.8. The Kier molecular flexibility index (Phi) is 3.20. The lowest BCUT2D eigenvalue weighted by molar-refractivity contribution is 0.440. The van der Waals surface area contributed by atoms with Crippen molar-refractivity contribution < 1.29 is 5.11 Å². The molecule has 0 atom stereocenters. The third-order valence-corrected chi connectivity index (χ3v) is 2.45. The van der Waals surface area contributed by atoms with E-state index in [0.29, 0.717) is 5.75 Å². The van der Waals surface area contributed by atoms with Crippen LogP contribution in [0.2, 0.25) is 0 Å². The SMILES string of the molecule is CCCc1cccc(C(C)(C)C)c1O. The van der Waals surface area contributed by atoms with Crippen molar-refractivity contribution in [3.8, 4) is 5.75 Å². The lowest BCUT2D eigenvalue weighted by Crippen LogP contribution is -2.11. The fourth-order valence-electron chi connectivity index (χ4n) is 1.67. The Bertz CT molecular complexity index is 308. The summed E-state index contributed by atoms with van der Waals surface area (Å²) >= 11 is 0. The second-order valence-electron chi connectivity index (χ2n) is 4.81. The molecule has 78 valence electrons. The van der Waals surface area contributed by atoms with Gasteiger partial charge in [-0.25, -0.2) is 0 Å². The summed E-state index contributed by atoms with van der Waals surface area (Å²) in [6.07, 6.45) is 2.02. The largest absolute Gasteiger partial charge is 0.507 e. The van der Waals surface area contributed by atoms with E-state index in [9.17, 15) is 5.11 Å². The van der Waals surface area contributed by atoms with Crippen molar-refractivity contribution >= 4 is 0 Å². The van der Waals surface area contributed by atoms with Gasteiger partial charge in [0.25, 0.3) is 0 Å². The van der Waals surface area contributed by atoms with Crippen molar-refractivity contribution in [1.82, 2.24) is 0 Å². The molecule has 0 spiro atoms. The molecule has 0 aromatic heterocycles. The molecule has 0 radical (unpaired) electrons. The van der Waals surface area contributed by atoms with E-state index in [0.717, 1.165) is 24.0 Å². The number of hydrogen-bond acceptors (Lipinski definition) is 1. The number of para-hydroxylation sites is 1. The van der Waals surface area contributed by atoms with E-state index in [4.69, 9.17) is 0 Å². The highest BCUT2D eigenvalue weighted by molar-refractivity contribution is 5.43. The number of phenolic OH excluding ortho intramolecular Hbond substituents is 1. The van der Waals surface area contributed by atoms with Crippen LogP contribution >= 0.6 is 0 Å². The van der Waals surface area contributed by atoms with E-state index < -0.39 is 0 Å². The molecule has 14 heavy (non-hydrogen) atoms. The first kappa shape index (κ1) is 11.1. The summed E-state index contributed by atoms with van der Waals surface area (Å²) in [5, 5.41) is 10.1. The monoisotopic (exact) mass is 192 g/mol. The number of aryl methyl sites for hydroxylation is 1. The van der Waals surface area contributed by atoms with Crippen LogP contribution < -0.4 is 0 Å². The summed E-state index contributed by atoms with van der Waals surface area (Å²) in [5.41, 5.74) is 2.14. The highest BCUT2D eigenvalue weighted by Gasteiger charge is 2.19. The molecule has 1 rings (SSSR count). The minimum atomic E-state index is 0.0217. The highest BCUT2D eigenvalue weighted by Crippen LogP contribution is 2.33. The summed E-state index contributed by atoms with van der Waals surface area (Å²) in [7, 11) is 0. The molecule has 0 saturated carbocycles. The van der Waals surface area contributed by atoms with Crippen LogP contribution in [0.3, 0.4) is 0 Å². The molecule has 0 aliphatic rings. The van der Waals surface area contributed by atoms with Crippen LogP contribution in [-0.4, -0.2) is 5.11 Å². The molecule has 0 saturated heterocycles. The lowest BCUT2D eigenvalue weighted by atomic mass is 9.85. The highest BCUT2D eigenvalue weighted by atomic mass is 16.3. The van der Waals surface area contributed by atoms with Crippen LogP contribution in [-0.2, 0) is 11.8 Å². The Morgan fingerprint density at radius 2 is 1.86 bits per heavy atom. The summed E-state index contributed by atoms with van der Waals surface area (Å²) < 4.78 is 0. The fraction of sp³-hybridized carbons (Fsp3) is 0.538. The van der Waals surface area contributed by atoms with E-state index >= 15 is 0 Å². The second kappa shape index (κ2) is 4.04. The molecule has 0 aliphatic heterocycles. The molecule has 1 heteroatoms. The van der Waals surface area contributed by atoms with Gasteiger partial charge in [-0.15, -0.1) is 0 Å². The predicted molar refractivity (Wildman–Crippen MR) is 60.8 cm³/mol. The summed E-state index contributed by atoms with van der Waals surface area (Å²) in [6.45, 7) is 8.50. The van der Waals surface area contributed by atoms with Crippen LogP contribution in [0.1, 0.15) is 45.2 Å². The Morgan fingerprint density at radius 1 is 1.21 bits per heavy atom. The maximum Gasteiger partial charge on any atom is 0.122 e. The van der Waals surface area contributed by atoms with Crippen LogP contribution in [0.4, 0.5) is 0 Å². The zero-order valence-electron chi connectivity index (χ0n) is 9.59. The van der Waals surface area contributed by atoms with Crippen molar-refractivity contribution in [1.29, 1.82) is 0 Å². The van der Waals surface area contributed by atoms with E-state index in [1.165, 1.54) is 0 Å². The molecule has 1 aromatic carbocycles. The smallest absolute Gasteiger partial charge is 0.122 e. The molecule has 1 aromatic rings. The molecular formula is C13H20O. The number of phenols is 1. The van der Waals surface area contributed by atoms with Crippen molar-refractivity contribution in [2.75, 3.05) is 0 Å². The molecule has 0 fully saturated rings. The van der Waals surface area contributed by atoms with Crippen LogP contribution in [0.25, 0.3) is 0 Å². The first-order chi connectivity index (χ1) is 6.46. The van der Waals surface area contributed by atoms with Gasteiger partial charge in [-0.1, -0.05) is 52.3 Å². The van der Waals surface area contributed by atoms with Gasteiger partial charge in [-0.3, -0.25) is 0 Å².